The molecule has 0 nitrogen and oxygen atoms in total. The van der Waals surface area contributed by atoms with E-state index in [1.165, 1.54) is 212 Å². The van der Waals surface area contributed by atoms with E-state index in [4.69, 9.17) is 0 Å². The van der Waals surface area contributed by atoms with Crippen LogP contribution in [0.25, 0.3) is 0 Å². The second-order valence-electron chi connectivity index (χ2n) is 15.9. The predicted octanol–water partition coefficient (Wildman–Crippen LogP) is 17.5. The second-order valence-corrected chi connectivity index (χ2v) is 20.4. The van der Waals surface area contributed by atoms with Gasteiger partial charge in [0.2, 0.25) is 0 Å². The van der Waals surface area contributed by atoms with Gasteiger partial charge in [0.05, 0.1) is 24.6 Å². The number of rotatable bonds is 41. The van der Waals surface area contributed by atoms with E-state index >= 15 is 0 Å². The van der Waals surface area contributed by atoms with Crippen LogP contribution in [0, 0.1) is 0 Å². The lowest BCUT2D eigenvalue weighted by molar-refractivity contribution is 0.551. The van der Waals surface area contributed by atoms with E-state index in [1.54, 1.807) is 50.3 Å². The van der Waals surface area contributed by atoms with Crippen molar-refractivity contribution in [3.63, 3.8) is 0 Å². The summed E-state index contributed by atoms with van der Waals surface area (Å²) >= 11 is 0. The highest BCUT2D eigenvalue weighted by Crippen LogP contribution is 2.61. The zero-order valence-corrected chi connectivity index (χ0v) is 34.3. The topological polar surface area (TPSA) is 0 Å². The van der Waals surface area contributed by atoms with Crippen molar-refractivity contribution < 1.29 is 0 Å². The van der Waals surface area contributed by atoms with Crippen LogP contribution in [-0.4, -0.2) is 24.6 Å². The maximum atomic E-state index is 2.39. The lowest BCUT2D eigenvalue weighted by Gasteiger charge is -2.28. The zero-order valence-electron chi connectivity index (χ0n) is 33.4. The van der Waals surface area contributed by atoms with Crippen LogP contribution >= 0.6 is 7.26 Å². The Bertz CT molecular complexity index is 463. The summed E-state index contributed by atoms with van der Waals surface area (Å²) < 4.78 is 0. The molecule has 0 rings (SSSR count). The molecule has 1 heteroatoms. The quantitative estimate of drug-likeness (QED) is 0.0450. The fourth-order valence-corrected chi connectivity index (χ4v) is 12.8. The van der Waals surface area contributed by atoms with Crippen molar-refractivity contribution in [3.8, 4) is 0 Å². The highest BCUT2D eigenvalue weighted by Gasteiger charge is 2.35. The first kappa shape index (κ1) is 46.4. The van der Waals surface area contributed by atoms with Crippen molar-refractivity contribution in [1.82, 2.24) is 0 Å². The number of unbranched alkanes of at least 4 members (excludes halogenated alkanes) is 33. The summed E-state index contributed by atoms with van der Waals surface area (Å²) in [6, 6.07) is 0. The van der Waals surface area contributed by atoms with Crippen LogP contribution in [-0.2, 0) is 0 Å². The molecule has 0 aromatic carbocycles. The van der Waals surface area contributed by atoms with Gasteiger partial charge in [-0.3, -0.25) is 0 Å². The van der Waals surface area contributed by atoms with Crippen LogP contribution in [0.5, 0.6) is 0 Å². The van der Waals surface area contributed by atoms with Gasteiger partial charge in [-0.05, 0) is 51.4 Å². The van der Waals surface area contributed by atoms with Gasteiger partial charge in [0, 0.05) is 7.26 Å². The summed E-state index contributed by atoms with van der Waals surface area (Å²) in [4.78, 5) is 0. The van der Waals surface area contributed by atoms with Crippen LogP contribution < -0.4 is 0 Å². The molecule has 0 aliphatic heterocycles. The first-order valence-electron chi connectivity index (χ1n) is 22.6. The van der Waals surface area contributed by atoms with Gasteiger partial charge in [-0.1, -0.05) is 214 Å². The Balaban J connectivity index is 4.64. The number of hydrogen-bond donors (Lipinski definition) is 0. The molecule has 0 N–H and O–H groups in total. The lowest BCUT2D eigenvalue weighted by Crippen LogP contribution is -2.13. The summed E-state index contributed by atoms with van der Waals surface area (Å²) in [6.07, 6.45) is 61.7. The van der Waals surface area contributed by atoms with Crippen molar-refractivity contribution in [2.24, 2.45) is 0 Å². The van der Waals surface area contributed by atoms with Crippen molar-refractivity contribution >= 4 is 7.26 Å². The molecule has 0 aromatic rings. The fraction of sp³-hybridized carbons (Fsp3) is 1.00. The molecular weight excluding hydrogens is 571 g/mol. The number of hydrogen-bond acceptors (Lipinski definition) is 0. The molecule has 0 aromatic heterocycles. The van der Waals surface area contributed by atoms with E-state index < -0.39 is 7.26 Å². The smallest absolute Gasteiger partial charge is 0.0594 e. The molecule has 0 bridgehead atoms. The normalized spacial score (nSPS) is 12.0. The Morgan fingerprint density at radius 2 is 0.304 bits per heavy atom. The average molecular weight is 666 g/mol. The molecule has 0 aliphatic rings. The molecule has 0 heterocycles. The Hall–Kier alpha value is 0.430. The highest BCUT2D eigenvalue weighted by atomic mass is 31.2. The summed E-state index contributed by atoms with van der Waals surface area (Å²) in [5, 5.41) is 0. The van der Waals surface area contributed by atoms with Gasteiger partial charge in [0.15, 0.2) is 0 Å². The minimum Gasteiger partial charge on any atom is -0.0654 e. The van der Waals surface area contributed by atoms with E-state index in [0.29, 0.717) is 0 Å². The molecule has 0 amide bonds. The third-order valence-electron chi connectivity index (χ3n) is 11.2. The van der Waals surface area contributed by atoms with Gasteiger partial charge in [0.1, 0.15) is 0 Å². The first-order valence-corrected chi connectivity index (χ1v) is 25.1. The van der Waals surface area contributed by atoms with Crippen LogP contribution in [0.3, 0.4) is 0 Å². The fourth-order valence-electron chi connectivity index (χ4n) is 7.88. The third kappa shape index (κ3) is 34.3. The molecule has 0 radical (unpaired) electrons. The maximum absolute atomic E-state index is 2.39. The molecule has 0 fully saturated rings. The summed E-state index contributed by atoms with van der Waals surface area (Å²) in [5.41, 5.74) is 0. The standard InChI is InChI=1S/C45H94P/c1-5-9-13-17-20-23-26-29-32-35-39-43-46(42-38-16-12-8-4,44-40-36-33-30-27-24-21-18-14-10-6-2)45-41-37-34-31-28-25-22-19-15-11-7-3/h5-45H2,1-4H3/q+1. The molecular formula is C45H94P+. The average Bonchev–Trinajstić information content (AvgIpc) is 3.07. The van der Waals surface area contributed by atoms with E-state index in [9.17, 15) is 0 Å². The molecule has 0 aliphatic carbocycles. The first-order chi connectivity index (χ1) is 22.7. The van der Waals surface area contributed by atoms with Gasteiger partial charge in [0.25, 0.3) is 0 Å². The van der Waals surface area contributed by atoms with E-state index in [-0.39, 0.29) is 0 Å². The zero-order chi connectivity index (χ0) is 33.5. The maximum Gasteiger partial charge on any atom is 0.0594 e. The van der Waals surface area contributed by atoms with Crippen LogP contribution in [0.15, 0.2) is 0 Å². The van der Waals surface area contributed by atoms with Crippen molar-refractivity contribution in [2.75, 3.05) is 24.6 Å². The molecule has 0 atom stereocenters. The van der Waals surface area contributed by atoms with Gasteiger partial charge in [-0.25, -0.2) is 0 Å². The van der Waals surface area contributed by atoms with Crippen LogP contribution in [0.2, 0.25) is 0 Å². The molecule has 0 unspecified atom stereocenters. The molecule has 46 heavy (non-hydrogen) atoms. The molecule has 0 spiro atoms. The van der Waals surface area contributed by atoms with Crippen LogP contribution in [0.4, 0.5) is 0 Å². The monoisotopic (exact) mass is 666 g/mol. The molecule has 0 saturated carbocycles. The minimum atomic E-state index is -0.768. The summed E-state index contributed by atoms with van der Waals surface area (Å²) in [5.74, 6) is 0. The predicted molar refractivity (Wildman–Crippen MR) is 220 cm³/mol. The highest BCUT2D eigenvalue weighted by molar-refractivity contribution is 7.75. The SMILES string of the molecule is CCCCCCCCCCCCC[P+](CCCCCC)(CCCCCCCCCCCCC)CCCCCCCCCCCCC. The van der Waals surface area contributed by atoms with E-state index in [1.807, 2.05) is 0 Å². The van der Waals surface area contributed by atoms with Crippen molar-refractivity contribution in [1.29, 1.82) is 0 Å². The van der Waals surface area contributed by atoms with Gasteiger partial charge < -0.3 is 0 Å². The second kappa shape index (κ2) is 39.9. The summed E-state index contributed by atoms with van der Waals surface area (Å²) in [7, 11) is -0.768. The Labute approximate surface area is 296 Å². The largest absolute Gasteiger partial charge is 0.0654 e. The van der Waals surface area contributed by atoms with Crippen molar-refractivity contribution in [3.05, 3.63) is 0 Å². The Morgan fingerprint density at radius 1 is 0.174 bits per heavy atom. The van der Waals surface area contributed by atoms with Gasteiger partial charge in [-0.2, -0.15) is 0 Å². The van der Waals surface area contributed by atoms with Crippen molar-refractivity contribution in [2.45, 2.75) is 265 Å². The molecule has 0 saturated heterocycles. The summed E-state index contributed by atoms with van der Waals surface area (Å²) in [6.45, 7) is 9.39. The minimum absolute atomic E-state index is 0.768. The molecule has 278 valence electrons. The Kier molecular flexibility index (Phi) is 40.2. The van der Waals surface area contributed by atoms with Gasteiger partial charge >= 0.3 is 0 Å². The van der Waals surface area contributed by atoms with E-state index in [0.717, 1.165) is 0 Å². The van der Waals surface area contributed by atoms with Crippen LogP contribution in [0.1, 0.15) is 265 Å². The van der Waals surface area contributed by atoms with E-state index in [2.05, 4.69) is 27.7 Å². The Morgan fingerprint density at radius 3 is 0.478 bits per heavy atom. The van der Waals surface area contributed by atoms with Gasteiger partial charge in [-0.15, -0.1) is 0 Å². The third-order valence-corrected chi connectivity index (χ3v) is 16.3. The lowest BCUT2D eigenvalue weighted by atomic mass is 10.1.